The third kappa shape index (κ3) is 2.18. The first-order valence-electron chi connectivity index (χ1n) is 12.0. The summed E-state index contributed by atoms with van der Waals surface area (Å²) >= 11 is 0. The van der Waals surface area contributed by atoms with Crippen LogP contribution in [0.2, 0.25) is 0 Å². The highest BCUT2D eigenvalue weighted by Crippen LogP contribution is 2.74. The Morgan fingerprint density at radius 1 is 0.893 bits per heavy atom. The Bertz CT molecular complexity index is 661. The van der Waals surface area contributed by atoms with E-state index in [0.29, 0.717) is 22.7 Å². The highest BCUT2D eigenvalue weighted by Gasteiger charge is 2.69. The largest absolute Gasteiger partial charge is 0.481 e. The Hall–Kier alpha value is -0.570. The maximum Gasteiger partial charge on any atom is 0.307 e. The topological polar surface area (TPSA) is 46.5 Å². The van der Waals surface area contributed by atoms with Gasteiger partial charge >= 0.3 is 5.97 Å². The zero-order valence-electron chi connectivity index (χ0n) is 18.4. The van der Waals surface area contributed by atoms with E-state index in [2.05, 4.69) is 27.7 Å². The van der Waals surface area contributed by atoms with E-state index in [-0.39, 0.29) is 16.7 Å². The quantitative estimate of drug-likeness (QED) is 0.620. The van der Waals surface area contributed by atoms with Crippen molar-refractivity contribution < 1.29 is 14.6 Å². The predicted octanol–water partition coefficient (Wildman–Crippen LogP) is 5.77. The number of ether oxygens (including phenoxy) is 1. The molecular formula is C25H40O3. The van der Waals surface area contributed by atoms with Crippen LogP contribution in [0, 0.1) is 51.2 Å². The molecule has 1 N–H and O–H groups in total. The van der Waals surface area contributed by atoms with Gasteiger partial charge in [0.1, 0.15) is 0 Å². The Morgan fingerprint density at radius 3 is 2.39 bits per heavy atom. The number of carbonyl (C=O) groups is 1. The molecule has 5 aliphatic rings. The second-order valence-corrected chi connectivity index (χ2v) is 12.3. The van der Waals surface area contributed by atoms with Crippen LogP contribution in [-0.2, 0) is 9.53 Å². The summed E-state index contributed by atoms with van der Waals surface area (Å²) in [6.45, 7) is 11.5. The van der Waals surface area contributed by atoms with E-state index in [4.69, 9.17) is 4.74 Å². The molecule has 158 valence electrons. The van der Waals surface area contributed by atoms with Gasteiger partial charge in [-0.15, -0.1) is 0 Å². The fourth-order valence-corrected chi connectivity index (χ4v) is 10.1. The molecular weight excluding hydrogens is 348 g/mol. The Balaban J connectivity index is 1.55. The molecule has 4 saturated carbocycles. The molecule has 5 fully saturated rings. The lowest BCUT2D eigenvalue weighted by Crippen LogP contribution is -2.67. The lowest BCUT2D eigenvalue weighted by molar-refractivity contribution is -0.261. The summed E-state index contributed by atoms with van der Waals surface area (Å²) in [5.41, 5.74) is 0.860. The van der Waals surface area contributed by atoms with Crippen molar-refractivity contribution in [1.82, 2.24) is 0 Å². The van der Waals surface area contributed by atoms with Gasteiger partial charge in [0.2, 0.25) is 0 Å². The number of carboxylic acids is 1. The van der Waals surface area contributed by atoms with Crippen LogP contribution in [0.4, 0.5) is 0 Å². The Morgan fingerprint density at radius 2 is 1.64 bits per heavy atom. The van der Waals surface area contributed by atoms with Gasteiger partial charge in [-0.25, -0.2) is 0 Å². The van der Waals surface area contributed by atoms with Gasteiger partial charge in [0, 0.05) is 5.41 Å². The minimum Gasteiger partial charge on any atom is -0.481 e. The molecule has 5 rings (SSSR count). The zero-order valence-corrected chi connectivity index (χ0v) is 18.4. The second kappa shape index (κ2) is 5.99. The molecule has 0 aromatic carbocycles. The summed E-state index contributed by atoms with van der Waals surface area (Å²) < 4.78 is 6.33. The smallest absolute Gasteiger partial charge is 0.307 e. The highest BCUT2D eigenvalue weighted by molar-refractivity contribution is 5.72. The minimum atomic E-state index is -0.544. The zero-order chi connectivity index (χ0) is 19.9. The number of carboxylic acid groups (broad SMARTS) is 1. The van der Waals surface area contributed by atoms with Crippen molar-refractivity contribution in [1.29, 1.82) is 0 Å². The first-order chi connectivity index (χ1) is 13.2. The van der Waals surface area contributed by atoms with Crippen LogP contribution >= 0.6 is 0 Å². The van der Waals surface area contributed by atoms with Crippen molar-refractivity contribution in [3.63, 3.8) is 0 Å². The van der Waals surface area contributed by atoms with E-state index >= 15 is 0 Å². The van der Waals surface area contributed by atoms with Crippen molar-refractivity contribution in [2.45, 2.75) is 85.5 Å². The normalized spacial score (nSPS) is 58.2. The molecule has 28 heavy (non-hydrogen) atoms. The molecule has 3 nitrogen and oxygen atoms in total. The number of hydrogen-bond acceptors (Lipinski definition) is 2. The maximum atomic E-state index is 12.3. The molecule has 0 aromatic rings. The molecule has 9 atom stereocenters. The number of hydrogen-bond donors (Lipinski definition) is 1. The summed E-state index contributed by atoms with van der Waals surface area (Å²) in [6, 6.07) is 0. The summed E-state index contributed by atoms with van der Waals surface area (Å²) in [6.07, 6.45) is 11.3. The summed E-state index contributed by atoms with van der Waals surface area (Å²) in [5.74, 6) is 1.83. The van der Waals surface area contributed by atoms with Crippen LogP contribution in [-0.4, -0.2) is 24.3 Å². The molecule has 0 radical (unpaired) electrons. The van der Waals surface area contributed by atoms with Gasteiger partial charge in [-0.05, 0) is 91.3 Å². The Kier molecular flexibility index (Phi) is 4.15. The number of aliphatic carboxylic acids is 1. The molecule has 0 aromatic heterocycles. The lowest BCUT2D eigenvalue weighted by Gasteiger charge is -2.71. The van der Waals surface area contributed by atoms with E-state index < -0.39 is 5.97 Å². The van der Waals surface area contributed by atoms with E-state index in [1.54, 1.807) is 0 Å². The van der Waals surface area contributed by atoms with Crippen LogP contribution in [0.1, 0.15) is 85.5 Å². The van der Waals surface area contributed by atoms with Crippen LogP contribution in [0.15, 0.2) is 0 Å². The highest BCUT2D eigenvalue weighted by atomic mass is 16.5. The van der Waals surface area contributed by atoms with Gasteiger partial charge in [-0.3, -0.25) is 4.79 Å². The Labute approximate surface area is 171 Å². The average molecular weight is 389 g/mol. The van der Waals surface area contributed by atoms with Crippen molar-refractivity contribution in [3.8, 4) is 0 Å². The first-order valence-corrected chi connectivity index (χ1v) is 12.0. The van der Waals surface area contributed by atoms with Gasteiger partial charge in [0.25, 0.3) is 0 Å². The molecule has 1 saturated heterocycles. The SMILES string of the molecule is CC1CCC2(C)C3CCC4C5(C)CCCC4(COC5)C3CCC2(C)C1C(=O)O. The summed E-state index contributed by atoms with van der Waals surface area (Å²) in [7, 11) is 0. The number of rotatable bonds is 1. The van der Waals surface area contributed by atoms with Crippen molar-refractivity contribution >= 4 is 5.97 Å². The van der Waals surface area contributed by atoms with E-state index in [9.17, 15) is 9.90 Å². The van der Waals surface area contributed by atoms with Crippen molar-refractivity contribution in [3.05, 3.63) is 0 Å². The third-order valence-corrected chi connectivity index (χ3v) is 11.5. The van der Waals surface area contributed by atoms with E-state index in [1.807, 2.05) is 0 Å². The van der Waals surface area contributed by atoms with Gasteiger partial charge in [-0.2, -0.15) is 0 Å². The van der Waals surface area contributed by atoms with Gasteiger partial charge in [-0.1, -0.05) is 34.1 Å². The molecule has 1 heterocycles. The molecule has 2 bridgehead atoms. The van der Waals surface area contributed by atoms with Gasteiger partial charge in [0.15, 0.2) is 0 Å². The first kappa shape index (κ1) is 19.4. The molecule has 9 unspecified atom stereocenters. The summed E-state index contributed by atoms with van der Waals surface area (Å²) in [5, 5.41) is 10.2. The minimum absolute atomic E-state index is 0.0609. The average Bonchev–Trinajstić information content (AvgIpc) is 2.61. The monoisotopic (exact) mass is 388 g/mol. The predicted molar refractivity (Wildman–Crippen MR) is 110 cm³/mol. The standard InChI is InChI=1S/C25H40O3/c1-16-8-12-23(3)17-6-7-19-22(2)10-5-11-25(19,15-28-14-22)18(17)9-13-24(23,4)20(16)21(26)27/h16-20H,5-15H2,1-4H3,(H,26,27). The molecule has 4 aliphatic carbocycles. The summed E-state index contributed by atoms with van der Waals surface area (Å²) in [4.78, 5) is 12.3. The fourth-order valence-electron chi connectivity index (χ4n) is 10.1. The van der Waals surface area contributed by atoms with Gasteiger partial charge < -0.3 is 9.84 Å². The molecule has 1 aliphatic heterocycles. The van der Waals surface area contributed by atoms with Crippen molar-refractivity contribution in [2.24, 2.45) is 51.2 Å². The third-order valence-electron chi connectivity index (χ3n) is 11.5. The lowest BCUT2D eigenvalue weighted by atomic mass is 9.34. The van der Waals surface area contributed by atoms with Crippen LogP contribution < -0.4 is 0 Å². The number of fused-ring (bicyclic) bond motifs is 3. The molecule has 0 spiro atoms. The second-order valence-electron chi connectivity index (χ2n) is 12.3. The van der Waals surface area contributed by atoms with E-state index in [1.165, 1.54) is 44.9 Å². The fraction of sp³-hybridized carbons (Fsp3) is 0.960. The van der Waals surface area contributed by atoms with Crippen LogP contribution in [0.25, 0.3) is 0 Å². The van der Waals surface area contributed by atoms with Gasteiger partial charge in [0.05, 0.1) is 19.1 Å². The molecule has 3 heteroatoms. The molecule has 0 amide bonds. The van der Waals surface area contributed by atoms with Crippen LogP contribution in [0.5, 0.6) is 0 Å². The van der Waals surface area contributed by atoms with E-state index in [0.717, 1.165) is 37.9 Å². The van der Waals surface area contributed by atoms with Crippen molar-refractivity contribution in [2.75, 3.05) is 13.2 Å². The van der Waals surface area contributed by atoms with Crippen LogP contribution in [0.3, 0.4) is 0 Å². The maximum absolute atomic E-state index is 12.3.